The Kier molecular flexibility index (Phi) is 3.90. The highest BCUT2D eigenvalue weighted by molar-refractivity contribution is 7.10. The van der Waals surface area contributed by atoms with Crippen LogP contribution in [0.5, 0.6) is 0 Å². The molecule has 1 saturated heterocycles. The van der Waals surface area contributed by atoms with Crippen molar-refractivity contribution in [1.29, 1.82) is 0 Å². The van der Waals surface area contributed by atoms with Crippen molar-refractivity contribution in [3.05, 3.63) is 48.4 Å². The van der Waals surface area contributed by atoms with Gasteiger partial charge in [-0.3, -0.25) is 19.1 Å². The van der Waals surface area contributed by atoms with E-state index in [2.05, 4.69) is 28.4 Å². The van der Waals surface area contributed by atoms with Crippen LogP contribution in [0, 0.1) is 18.8 Å². The monoisotopic (exact) mass is 372 g/mol. The summed E-state index contributed by atoms with van der Waals surface area (Å²) in [5.74, 6) is 2.02. The summed E-state index contributed by atoms with van der Waals surface area (Å²) < 4.78 is 3.12. The molecule has 2 aliphatic heterocycles. The Bertz CT molecular complexity index is 955. The molecule has 0 unspecified atom stereocenters. The Morgan fingerprint density at radius 3 is 2.73 bits per heavy atom. The van der Waals surface area contributed by atoms with Crippen LogP contribution < -0.4 is 11.1 Å². The van der Waals surface area contributed by atoms with Gasteiger partial charge in [0.2, 0.25) is 0 Å². The van der Waals surface area contributed by atoms with Gasteiger partial charge in [0.15, 0.2) is 0 Å². The van der Waals surface area contributed by atoms with Crippen LogP contribution in [-0.4, -0.2) is 32.3 Å². The topological polar surface area (TPSA) is 60.1 Å². The molecular weight excluding hydrogens is 348 g/mol. The number of aryl methyl sites for hydroxylation is 1. The number of hydrogen-bond acceptors (Lipinski definition) is 5. The highest BCUT2D eigenvalue weighted by atomic mass is 32.1. The summed E-state index contributed by atoms with van der Waals surface area (Å²) in [6.45, 7) is 6.29. The van der Waals surface area contributed by atoms with E-state index in [9.17, 15) is 9.59 Å². The van der Waals surface area contributed by atoms with Gasteiger partial charge in [-0.05, 0) is 42.7 Å². The zero-order valence-corrected chi connectivity index (χ0v) is 15.9. The van der Waals surface area contributed by atoms with E-state index in [0.29, 0.717) is 24.9 Å². The lowest BCUT2D eigenvalue weighted by Crippen LogP contribution is -2.45. The third-order valence-electron chi connectivity index (χ3n) is 6.42. The SMILES string of the molecule is Cc1ccsc1CN1C[C@H]2Cn3c(nn(CC4CCC4)c(=O)c3=O)[C@@H]2C1. The molecule has 3 aliphatic rings. The normalized spacial score (nSPS) is 25.3. The van der Waals surface area contributed by atoms with Gasteiger partial charge in [-0.25, -0.2) is 4.68 Å². The molecule has 26 heavy (non-hydrogen) atoms. The molecule has 2 aromatic heterocycles. The minimum Gasteiger partial charge on any atom is -0.297 e. The Morgan fingerprint density at radius 1 is 1.19 bits per heavy atom. The number of fused-ring (bicyclic) bond motifs is 3. The average Bonchev–Trinajstić information content (AvgIpc) is 3.24. The van der Waals surface area contributed by atoms with E-state index in [-0.39, 0.29) is 11.5 Å². The van der Waals surface area contributed by atoms with Gasteiger partial charge in [0.25, 0.3) is 0 Å². The summed E-state index contributed by atoms with van der Waals surface area (Å²) >= 11 is 1.81. The summed E-state index contributed by atoms with van der Waals surface area (Å²) in [7, 11) is 0. The van der Waals surface area contributed by atoms with Gasteiger partial charge in [-0.2, -0.15) is 5.10 Å². The highest BCUT2D eigenvalue weighted by Crippen LogP contribution is 2.38. The minimum absolute atomic E-state index is 0.274. The fourth-order valence-corrected chi connectivity index (χ4v) is 5.57. The molecule has 0 radical (unpaired) electrons. The predicted molar refractivity (Wildman–Crippen MR) is 101 cm³/mol. The maximum Gasteiger partial charge on any atom is 0.332 e. The molecule has 0 aromatic carbocycles. The number of hydrogen-bond donors (Lipinski definition) is 0. The molecule has 0 spiro atoms. The van der Waals surface area contributed by atoms with E-state index in [1.165, 1.54) is 21.5 Å². The first-order chi connectivity index (χ1) is 12.6. The number of thiophene rings is 1. The third kappa shape index (κ3) is 2.60. The van der Waals surface area contributed by atoms with Crippen LogP contribution in [0.2, 0.25) is 0 Å². The van der Waals surface area contributed by atoms with Gasteiger partial charge in [-0.1, -0.05) is 6.42 Å². The van der Waals surface area contributed by atoms with Crippen molar-refractivity contribution in [2.45, 2.75) is 51.7 Å². The van der Waals surface area contributed by atoms with Crippen molar-refractivity contribution in [3.63, 3.8) is 0 Å². The van der Waals surface area contributed by atoms with Gasteiger partial charge < -0.3 is 0 Å². The van der Waals surface area contributed by atoms with E-state index >= 15 is 0 Å². The third-order valence-corrected chi connectivity index (χ3v) is 7.43. The standard InChI is InChI=1S/C19H24N4O2S/c1-12-5-6-26-16(12)11-21-8-14-9-22-17(15(14)10-21)20-23(19(25)18(22)24)7-13-3-2-4-13/h5-6,13-15H,2-4,7-11H2,1H3/t14-,15+/m0/s1. The molecule has 0 N–H and O–H groups in total. The van der Waals surface area contributed by atoms with E-state index in [4.69, 9.17) is 0 Å². The lowest BCUT2D eigenvalue weighted by atomic mass is 9.85. The maximum atomic E-state index is 12.6. The first kappa shape index (κ1) is 16.4. The molecule has 6 nitrogen and oxygen atoms in total. The van der Waals surface area contributed by atoms with Crippen LogP contribution >= 0.6 is 11.3 Å². The fourth-order valence-electron chi connectivity index (χ4n) is 4.62. The highest BCUT2D eigenvalue weighted by Gasteiger charge is 2.42. The Labute approximate surface area is 156 Å². The van der Waals surface area contributed by atoms with Crippen LogP contribution in [0.1, 0.15) is 41.4 Å². The summed E-state index contributed by atoms with van der Waals surface area (Å²) in [6, 6.07) is 2.17. The zero-order chi connectivity index (χ0) is 17.8. The molecule has 4 heterocycles. The summed E-state index contributed by atoms with van der Waals surface area (Å²) in [4.78, 5) is 28.9. The molecule has 5 rings (SSSR count). The number of likely N-dealkylation sites (tertiary alicyclic amines) is 1. The van der Waals surface area contributed by atoms with Crippen LogP contribution in [0.15, 0.2) is 21.0 Å². The first-order valence-electron chi connectivity index (χ1n) is 9.57. The van der Waals surface area contributed by atoms with Gasteiger partial charge in [0.1, 0.15) is 5.82 Å². The Morgan fingerprint density at radius 2 is 2.04 bits per heavy atom. The summed E-state index contributed by atoms with van der Waals surface area (Å²) in [5.41, 5.74) is 0.548. The first-order valence-corrected chi connectivity index (χ1v) is 10.5. The van der Waals surface area contributed by atoms with Crippen molar-refractivity contribution in [1.82, 2.24) is 19.2 Å². The van der Waals surface area contributed by atoms with Crippen LogP contribution in [-0.2, 0) is 19.6 Å². The van der Waals surface area contributed by atoms with Crippen molar-refractivity contribution in [3.8, 4) is 0 Å². The summed E-state index contributed by atoms with van der Waals surface area (Å²) in [6.07, 6.45) is 3.52. The van der Waals surface area contributed by atoms with Crippen LogP contribution in [0.4, 0.5) is 0 Å². The second-order valence-electron chi connectivity index (χ2n) is 8.15. The smallest absolute Gasteiger partial charge is 0.297 e. The predicted octanol–water partition coefficient (Wildman–Crippen LogP) is 1.80. The van der Waals surface area contributed by atoms with Gasteiger partial charge in [-0.15, -0.1) is 11.3 Å². The lowest BCUT2D eigenvalue weighted by molar-refractivity contribution is 0.256. The van der Waals surface area contributed by atoms with Gasteiger partial charge >= 0.3 is 11.1 Å². The van der Waals surface area contributed by atoms with Crippen molar-refractivity contribution in [2.24, 2.45) is 11.8 Å². The van der Waals surface area contributed by atoms with Crippen LogP contribution in [0.25, 0.3) is 0 Å². The molecule has 2 aromatic rings. The largest absolute Gasteiger partial charge is 0.332 e. The molecule has 2 atom stereocenters. The Hall–Kier alpha value is -1.73. The fraction of sp³-hybridized carbons (Fsp3) is 0.632. The van der Waals surface area contributed by atoms with E-state index in [1.54, 1.807) is 4.57 Å². The molecular formula is C19H24N4O2S. The Balaban J connectivity index is 1.40. The number of rotatable bonds is 4. The van der Waals surface area contributed by atoms with Crippen molar-refractivity contribution >= 4 is 11.3 Å². The lowest BCUT2D eigenvalue weighted by Gasteiger charge is -2.25. The van der Waals surface area contributed by atoms with E-state index in [1.807, 2.05) is 11.3 Å². The second kappa shape index (κ2) is 6.16. The van der Waals surface area contributed by atoms with Crippen molar-refractivity contribution < 1.29 is 0 Å². The van der Waals surface area contributed by atoms with Gasteiger partial charge in [0, 0.05) is 49.4 Å². The molecule has 0 amide bonds. The molecule has 1 aliphatic carbocycles. The molecule has 2 fully saturated rings. The average molecular weight is 372 g/mol. The molecule has 1 saturated carbocycles. The maximum absolute atomic E-state index is 12.6. The quantitative estimate of drug-likeness (QED) is 0.768. The van der Waals surface area contributed by atoms with E-state index in [0.717, 1.165) is 38.3 Å². The molecule has 0 bridgehead atoms. The number of nitrogens with zero attached hydrogens (tertiary/aromatic N) is 4. The van der Waals surface area contributed by atoms with Crippen LogP contribution in [0.3, 0.4) is 0 Å². The molecule has 138 valence electrons. The second-order valence-corrected chi connectivity index (χ2v) is 9.15. The van der Waals surface area contributed by atoms with Crippen molar-refractivity contribution in [2.75, 3.05) is 13.1 Å². The zero-order valence-electron chi connectivity index (χ0n) is 15.1. The number of aromatic nitrogens is 3. The van der Waals surface area contributed by atoms with Gasteiger partial charge in [0.05, 0.1) is 0 Å². The summed E-state index contributed by atoms with van der Waals surface area (Å²) in [5, 5.41) is 6.82. The molecule has 7 heteroatoms. The minimum atomic E-state index is -0.438. The van der Waals surface area contributed by atoms with E-state index < -0.39 is 5.56 Å².